The smallest absolute Gasteiger partial charge is 0.336 e. The summed E-state index contributed by atoms with van der Waals surface area (Å²) in [6.45, 7) is -0.329. The van der Waals surface area contributed by atoms with E-state index in [1.807, 2.05) is 6.07 Å². The van der Waals surface area contributed by atoms with E-state index in [1.54, 1.807) is 48.5 Å². The fourth-order valence-electron chi connectivity index (χ4n) is 3.69. The highest BCUT2D eigenvalue weighted by atomic mass is 16.5. The van der Waals surface area contributed by atoms with E-state index in [2.05, 4.69) is 5.32 Å². The van der Waals surface area contributed by atoms with Gasteiger partial charge in [-0.25, -0.2) is 9.36 Å². The van der Waals surface area contributed by atoms with Crippen molar-refractivity contribution in [1.82, 2.24) is 9.13 Å². The third-order valence-corrected chi connectivity index (χ3v) is 5.32. The number of hydrogen-bond acceptors (Lipinski definition) is 6. The minimum absolute atomic E-state index is 0.188. The van der Waals surface area contributed by atoms with Gasteiger partial charge in [0.05, 0.1) is 37.9 Å². The SMILES string of the molecule is COc1cccc(-n2c(=O)c3cc(OC)c(OC)cc3n(CC(=O)Nc3ccccc3)c2=O)c1. The quantitative estimate of drug-likeness (QED) is 0.454. The molecule has 174 valence electrons. The van der Waals surface area contributed by atoms with Crippen LogP contribution in [-0.2, 0) is 11.3 Å². The Morgan fingerprint density at radius 1 is 0.853 bits per heavy atom. The summed E-state index contributed by atoms with van der Waals surface area (Å²) in [6, 6.07) is 18.5. The Balaban J connectivity index is 1.95. The van der Waals surface area contributed by atoms with Crippen molar-refractivity contribution in [3.63, 3.8) is 0 Å². The number of nitrogens with one attached hydrogen (secondary N) is 1. The number of aromatic nitrogens is 2. The van der Waals surface area contributed by atoms with Crippen LogP contribution in [0.3, 0.4) is 0 Å². The number of carbonyl (C=O) groups is 1. The van der Waals surface area contributed by atoms with Crippen molar-refractivity contribution in [3.05, 3.63) is 87.6 Å². The highest BCUT2D eigenvalue weighted by Gasteiger charge is 2.20. The second kappa shape index (κ2) is 9.53. The van der Waals surface area contributed by atoms with Crippen LogP contribution in [0, 0.1) is 0 Å². The van der Waals surface area contributed by atoms with Gasteiger partial charge in [-0.2, -0.15) is 0 Å². The molecule has 0 unspecified atom stereocenters. The number of carbonyl (C=O) groups excluding carboxylic acids is 1. The lowest BCUT2D eigenvalue weighted by atomic mass is 10.2. The van der Waals surface area contributed by atoms with Gasteiger partial charge >= 0.3 is 5.69 Å². The fraction of sp³-hybridized carbons (Fsp3) is 0.160. The molecule has 0 fully saturated rings. The first-order valence-electron chi connectivity index (χ1n) is 10.4. The van der Waals surface area contributed by atoms with E-state index in [0.717, 1.165) is 4.57 Å². The summed E-state index contributed by atoms with van der Waals surface area (Å²) in [7, 11) is 4.39. The molecule has 0 aliphatic heterocycles. The first-order chi connectivity index (χ1) is 16.5. The molecule has 0 saturated carbocycles. The van der Waals surface area contributed by atoms with E-state index < -0.39 is 17.2 Å². The standard InChI is InChI=1S/C25H23N3O6/c1-32-18-11-7-10-17(12-18)28-24(30)19-13-21(33-2)22(34-3)14-20(19)27(25(28)31)15-23(29)26-16-8-5-4-6-9-16/h4-14H,15H2,1-3H3,(H,26,29). The molecule has 1 heterocycles. The van der Waals surface area contributed by atoms with Gasteiger partial charge in [0.1, 0.15) is 12.3 Å². The number of hydrogen-bond donors (Lipinski definition) is 1. The molecule has 9 nitrogen and oxygen atoms in total. The highest BCUT2D eigenvalue weighted by Crippen LogP contribution is 2.30. The molecule has 0 saturated heterocycles. The summed E-state index contributed by atoms with van der Waals surface area (Å²) in [4.78, 5) is 39.9. The average molecular weight is 461 g/mol. The minimum Gasteiger partial charge on any atom is -0.497 e. The molecule has 0 spiro atoms. The Morgan fingerprint density at radius 3 is 2.24 bits per heavy atom. The highest BCUT2D eigenvalue weighted by molar-refractivity contribution is 5.92. The van der Waals surface area contributed by atoms with E-state index in [-0.39, 0.29) is 17.4 Å². The molecule has 9 heteroatoms. The maximum atomic E-state index is 13.6. The van der Waals surface area contributed by atoms with Gasteiger partial charge in [-0.1, -0.05) is 24.3 Å². The molecule has 1 N–H and O–H groups in total. The second-order valence-corrected chi connectivity index (χ2v) is 7.35. The van der Waals surface area contributed by atoms with Crippen molar-refractivity contribution in [3.8, 4) is 22.9 Å². The zero-order valence-corrected chi connectivity index (χ0v) is 18.9. The monoisotopic (exact) mass is 461 g/mol. The normalized spacial score (nSPS) is 10.7. The summed E-state index contributed by atoms with van der Waals surface area (Å²) in [6.07, 6.45) is 0. The summed E-state index contributed by atoms with van der Waals surface area (Å²) in [5.74, 6) is 0.693. The molecule has 0 atom stereocenters. The molecular formula is C25H23N3O6. The first kappa shape index (κ1) is 22.7. The van der Waals surface area contributed by atoms with Crippen molar-refractivity contribution in [1.29, 1.82) is 0 Å². The number of para-hydroxylation sites is 1. The topological polar surface area (TPSA) is 101 Å². The van der Waals surface area contributed by atoms with Crippen LogP contribution in [0.2, 0.25) is 0 Å². The lowest BCUT2D eigenvalue weighted by Gasteiger charge is -2.16. The molecule has 0 aliphatic rings. The lowest BCUT2D eigenvalue weighted by molar-refractivity contribution is -0.116. The van der Waals surface area contributed by atoms with Crippen molar-refractivity contribution < 1.29 is 19.0 Å². The van der Waals surface area contributed by atoms with E-state index in [1.165, 1.54) is 38.0 Å². The van der Waals surface area contributed by atoms with Crippen molar-refractivity contribution in [2.75, 3.05) is 26.6 Å². The maximum absolute atomic E-state index is 13.6. The zero-order chi connectivity index (χ0) is 24.2. The molecule has 3 aromatic carbocycles. The number of amides is 1. The van der Waals surface area contributed by atoms with Gasteiger partial charge in [-0.3, -0.25) is 14.2 Å². The van der Waals surface area contributed by atoms with Gasteiger partial charge in [0.25, 0.3) is 5.56 Å². The summed E-state index contributed by atoms with van der Waals surface area (Å²) >= 11 is 0. The third-order valence-electron chi connectivity index (χ3n) is 5.32. The van der Waals surface area contributed by atoms with Crippen LogP contribution in [0.4, 0.5) is 5.69 Å². The van der Waals surface area contributed by atoms with Gasteiger partial charge < -0.3 is 19.5 Å². The summed E-state index contributed by atoms with van der Waals surface area (Å²) < 4.78 is 18.2. The zero-order valence-electron chi connectivity index (χ0n) is 18.9. The van der Waals surface area contributed by atoms with Crippen molar-refractivity contribution in [2.24, 2.45) is 0 Å². The maximum Gasteiger partial charge on any atom is 0.336 e. The van der Waals surface area contributed by atoms with Crippen LogP contribution in [0.1, 0.15) is 0 Å². The van der Waals surface area contributed by atoms with Crippen LogP contribution in [0.25, 0.3) is 16.6 Å². The number of anilines is 1. The Kier molecular flexibility index (Phi) is 6.35. The van der Waals surface area contributed by atoms with E-state index in [4.69, 9.17) is 14.2 Å². The van der Waals surface area contributed by atoms with Crippen molar-refractivity contribution in [2.45, 2.75) is 6.54 Å². The Labute approximate surface area is 194 Å². The van der Waals surface area contributed by atoms with Crippen LogP contribution in [0.5, 0.6) is 17.2 Å². The van der Waals surface area contributed by atoms with Crippen LogP contribution < -0.4 is 30.8 Å². The number of methoxy groups -OCH3 is 3. The van der Waals surface area contributed by atoms with E-state index in [9.17, 15) is 14.4 Å². The number of benzene rings is 3. The summed E-state index contributed by atoms with van der Waals surface area (Å²) in [5.41, 5.74) is -0.0985. The molecule has 1 aromatic heterocycles. The molecule has 0 radical (unpaired) electrons. The number of fused-ring (bicyclic) bond motifs is 1. The fourth-order valence-corrected chi connectivity index (χ4v) is 3.69. The first-order valence-corrected chi connectivity index (χ1v) is 10.4. The predicted octanol–water partition coefficient (Wildman–Crippen LogP) is 2.82. The number of rotatable bonds is 7. The predicted molar refractivity (Wildman–Crippen MR) is 129 cm³/mol. The van der Waals surface area contributed by atoms with Crippen LogP contribution in [-0.4, -0.2) is 36.4 Å². The van der Waals surface area contributed by atoms with E-state index in [0.29, 0.717) is 28.6 Å². The van der Waals surface area contributed by atoms with Gasteiger partial charge in [0.15, 0.2) is 11.5 Å². The number of ether oxygens (including phenoxy) is 3. The number of nitrogens with zero attached hydrogens (tertiary/aromatic N) is 2. The molecular weight excluding hydrogens is 438 g/mol. The summed E-state index contributed by atoms with van der Waals surface area (Å²) in [5, 5.41) is 2.95. The molecule has 4 aromatic rings. The van der Waals surface area contributed by atoms with Crippen LogP contribution >= 0.6 is 0 Å². The van der Waals surface area contributed by atoms with Gasteiger partial charge in [0.2, 0.25) is 5.91 Å². The van der Waals surface area contributed by atoms with Crippen LogP contribution in [0.15, 0.2) is 76.3 Å². The van der Waals surface area contributed by atoms with Gasteiger partial charge in [-0.15, -0.1) is 0 Å². The van der Waals surface area contributed by atoms with E-state index >= 15 is 0 Å². The van der Waals surface area contributed by atoms with Crippen molar-refractivity contribution >= 4 is 22.5 Å². The second-order valence-electron chi connectivity index (χ2n) is 7.35. The lowest BCUT2D eigenvalue weighted by Crippen LogP contribution is -2.40. The van der Waals surface area contributed by atoms with Gasteiger partial charge in [-0.05, 0) is 30.3 Å². The minimum atomic E-state index is -0.679. The molecule has 0 aliphatic carbocycles. The molecule has 1 amide bonds. The largest absolute Gasteiger partial charge is 0.497 e. The molecule has 34 heavy (non-hydrogen) atoms. The molecule has 4 rings (SSSR count). The van der Waals surface area contributed by atoms with Gasteiger partial charge in [0, 0.05) is 17.8 Å². The third kappa shape index (κ3) is 4.23. The average Bonchev–Trinajstić information content (AvgIpc) is 2.86. The Morgan fingerprint density at radius 2 is 1.56 bits per heavy atom. The Hall–Kier alpha value is -4.53. The molecule has 0 bridgehead atoms. The Bertz CT molecular complexity index is 1470.